The third kappa shape index (κ3) is 2.16. The van der Waals surface area contributed by atoms with Crippen LogP contribution in [0.3, 0.4) is 0 Å². The van der Waals surface area contributed by atoms with E-state index in [4.69, 9.17) is 10.5 Å². The Kier molecular flexibility index (Phi) is 2.81. The lowest BCUT2D eigenvalue weighted by Gasteiger charge is -2.12. The van der Waals surface area contributed by atoms with Crippen molar-refractivity contribution in [2.75, 3.05) is 5.73 Å². The molecule has 0 saturated heterocycles. The van der Waals surface area contributed by atoms with Crippen LogP contribution in [0.2, 0.25) is 0 Å². The van der Waals surface area contributed by atoms with E-state index in [0.717, 1.165) is 17.0 Å². The number of hydrogen-bond donors (Lipinski definition) is 2. The molecular weight excluding hydrogens is 202 g/mol. The van der Waals surface area contributed by atoms with E-state index in [1.54, 1.807) is 6.07 Å². The van der Waals surface area contributed by atoms with Gasteiger partial charge in [-0.15, -0.1) is 0 Å². The molecule has 4 heteroatoms. The van der Waals surface area contributed by atoms with Gasteiger partial charge < -0.3 is 10.5 Å². The van der Waals surface area contributed by atoms with Gasteiger partial charge in [-0.2, -0.15) is 5.10 Å². The summed E-state index contributed by atoms with van der Waals surface area (Å²) in [5, 5.41) is 6.79. The van der Waals surface area contributed by atoms with Crippen LogP contribution in [-0.4, -0.2) is 16.3 Å². The molecule has 1 aromatic carbocycles. The number of anilines is 1. The van der Waals surface area contributed by atoms with Gasteiger partial charge in [0.15, 0.2) is 0 Å². The van der Waals surface area contributed by atoms with E-state index >= 15 is 0 Å². The zero-order valence-electron chi connectivity index (χ0n) is 9.40. The predicted octanol–water partition coefficient (Wildman–Crippen LogP) is 2.45. The first-order chi connectivity index (χ1) is 7.66. The van der Waals surface area contributed by atoms with Crippen LogP contribution in [0.1, 0.15) is 13.8 Å². The highest BCUT2D eigenvalue weighted by Gasteiger charge is 2.09. The number of nitrogen functional groups attached to an aromatic ring is 1. The van der Waals surface area contributed by atoms with Crippen molar-refractivity contribution in [2.24, 2.45) is 0 Å². The number of hydrogen-bond acceptors (Lipinski definition) is 3. The minimum atomic E-state index is 0.140. The maximum Gasteiger partial charge on any atom is 0.145 e. The fourth-order valence-electron chi connectivity index (χ4n) is 1.52. The number of H-pyrrole nitrogens is 1. The standard InChI is InChI=1S/C12H15N3O/c1-8(2)16-11-6-4-3-5-9(11)10-7-12(13)15-14-10/h3-8H,1-2H3,(H3,13,14,15). The van der Waals surface area contributed by atoms with Gasteiger partial charge in [0.05, 0.1) is 11.8 Å². The molecule has 0 unspecified atom stereocenters. The van der Waals surface area contributed by atoms with Crippen molar-refractivity contribution in [1.29, 1.82) is 0 Å². The van der Waals surface area contributed by atoms with Crippen molar-refractivity contribution >= 4 is 5.82 Å². The topological polar surface area (TPSA) is 63.9 Å². The number of aromatic amines is 1. The molecule has 1 heterocycles. The number of ether oxygens (including phenoxy) is 1. The van der Waals surface area contributed by atoms with E-state index in [1.807, 2.05) is 38.1 Å². The van der Waals surface area contributed by atoms with Crippen LogP contribution in [0.25, 0.3) is 11.3 Å². The summed E-state index contributed by atoms with van der Waals surface area (Å²) in [6, 6.07) is 9.61. The molecule has 4 nitrogen and oxygen atoms in total. The molecule has 0 spiro atoms. The lowest BCUT2D eigenvalue weighted by Crippen LogP contribution is -2.06. The Balaban J connectivity index is 2.40. The van der Waals surface area contributed by atoms with Crippen molar-refractivity contribution in [3.63, 3.8) is 0 Å². The Bertz CT molecular complexity index is 477. The molecule has 16 heavy (non-hydrogen) atoms. The normalized spacial score (nSPS) is 10.7. The Morgan fingerprint density at radius 1 is 1.31 bits per heavy atom. The number of aromatic nitrogens is 2. The third-order valence-corrected chi connectivity index (χ3v) is 2.14. The number of nitrogens with one attached hydrogen (secondary N) is 1. The van der Waals surface area contributed by atoms with E-state index in [9.17, 15) is 0 Å². The van der Waals surface area contributed by atoms with Crippen LogP contribution in [0.4, 0.5) is 5.82 Å². The Morgan fingerprint density at radius 2 is 2.06 bits per heavy atom. The molecule has 0 fully saturated rings. The van der Waals surface area contributed by atoms with Gasteiger partial charge >= 0.3 is 0 Å². The SMILES string of the molecule is CC(C)Oc1ccccc1-c1cc(N)n[nH]1. The second-order valence-electron chi connectivity index (χ2n) is 3.87. The van der Waals surface area contributed by atoms with Crippen LogP contribution in [0.15, 0.2) is 30.3 Å². The van der Waals surface area contributed by atoms with Gasteiger partial charge in [0.1, 0.15) is 11.6 Å². The summed E-state index contributed by atoms with van der Waals surface area (Å²) in [5.41, 5.74) is 7.43. The number of rotatable bonds is 3. The number of nitrogens with two attached hydrogens (primary N) is 1. The van der Waals surface area contributed by atoms with Gasteiger partial charge in [0, 0.05) is 11.6 Å². The average Bonchev–Trinajstić information content (AvgIpc) is 2.65. The van der Waals surface area contributed by atoms with Gasteiger partial charge in [-0.05, 0) is 26.0 Å². The van der Waals surface area contributed by atoms with E-state index in [-0.39, 0.29) is 6.10 Å². The minimum absolute atomic E-state index is 0.140. The number of para-hydroxylation sites is 1. The molecule has 2 aromatic rings. The Labute approximate surface area is 94.4 Å². The monoisotopic (exact) mass is 217 g/mol. The molecule has 0 saturated carbocycles. The summed E-state index contributed by atoms with van der Waals surface area (Å²) < 4.78 is 5.72. The molecule has 0 amide bonds. The maximum atomic E-state index is 5.72. The van der Waals surface area contributed by atoms with Crippen LogP contribution in [0, 0.1) is 0 Å². The largest absolute Gasteiger partial charge is 0.490 e. The summed E-state index contributed by atoms with van der Waals surface area (Å²) in [5.74, 6) is 1.32. The fourth-order valence-corrected chi connectivity index (χ4v) is 1.52. The van der Waals surface area contributed by atoms with Crippen LogP contribution in [0.5, 0.6) is 5.75 Å². The van der Waals surface area contributed by atoms with Crippen molar-refractivity contribution in [3.05, 3.63) is 30.3 Å². The second kappa shape index (κ2) is 4.26. The molecular formula is C12H15N3O. The quantitative estimate of drug-likeness (QED) is 0.830. The third-order valence-electron chi connectivity index (χ3n) is 2.14. The summed E-state index contributed by atoms with van der Waals surface area (Å²) >= 11 is 0. The second-order valence-corrected chi connectivity index (χ2v) is 3.87. The first-order valence-corrected chi connectivity index (χ1v) is 5.24. The van der Waals surface area contributed by atoms with Crippen molar-refractivity contribution in [3.8, 4) is 17.0 Å². The van der Waals surface area contributed by atoms with Crippen molar-refractivity contribution < 1.29 is 4.74 Å². The summed E-state index contributed by atoms with van der Waals surface area (Å²) in [6.45, 7) is 4.00. The fraction of sp³-hybridized carbons (Fsp3) is 0.250. The van der Waals surface area contributed by atoms with Crippen molar-refractivity contribution in [1.82, 2.24) is 10.2 Å². The van der Waals surface area contributed by atoms with E-state index in [1.165, 1.54) is 0 Å². The van der Waals surface area contributed by atoms with Crippen LogP contribution in [-0.2, 0) is 0 Å². The Morgan fingerprint density at radius 3 is 2.69 bits per heavy atom. The average molecular weight is 217 g/mol. The van der Waals surface area contributed by atoms with Crippen LogP contribution < -0.4 is 10.5 Å². The maximum absolute atomic E-state index is 5.72. The summed E-state index contributed by atoms with van der Waals surface area (Å²) in [6.07, 6.45) is 0.140. The lowest BCUT2D eigenvalue weighted by molar-refractivity contribution is 0.243. The molecule has 1 aromatic heterocycles. The van der Waals surface area contributed by atoms with Gasteiger partial charge in [-0.25, -0.2) is 0 Å². The van der Waals surface area contributed by atoms with Gasteiger partial charge in [0.25, 0.3) is 0 Å². The summed E-state index contributed by atoms with van der Waals surface area (Å²) in [7, 11) is 0. The smallest absolute Gasteiger partial charge is 0.145 e. The predicted molar refractivity (Wildman–Crippen MR) is 64.2 cm³/mol. The molecule has 2 rings (SSSR count). The molecule has 0 aliphatic carbocycles. The Hall–Kier alpha value is -1.97. The number of benzene rings is 1. The molecule has 0 atom stereocenters. The molecule has 0 bridgehead atoms. The highest BCUT2D eigenvalue weighted by atomic mass is 16.5. The highest BCUT2D eigenvalue weighted by Crippen LogP contribution is 2.29. The molecule has 3 N–H and O–H groups in total. The zero-order chi connectivity index (χ0) is 11.5. The minimum Gasteiger partial charge on any atom is -0.490 e. The first-order valence-electron chi connectivity index (χ1n) is 5.24. The van der Waals surface area contributed by atoms with E-state index in [0.29, 0.717) is 5.82 Å². The zero-order valence-corrected chi connectivity index (χ0v) is 9.40. The highest BCUT2D eigenvalue weighted by molar-refractivity contribution is 5.68. The summed E-state index contributed by atoms with van der Waals surface area (Å²) in [4.78, 5) is 0. The van der Waals surface area contributed by atoms with Gasteiger partial charge in [0.2, 0.25) is 0 Å². The molecule has 0 radical (unpaired) electrons. The molecule has 0 aliphatic rings. The molecule has 84 valence electrons. The van der Waals surface area contributed by atoms with Gasteiger partial charge in [-0.1, -0.05) is 12.1 Å². The van der Waals surface area contributed by atoms with Crippen molar-refractivity contribution in [2.45, 2.75) is 20.0 Å². The van der Waals surface area contributed by atoms with E-state index in [2.05, 4.69) is 10.2 Å². The number of nitrogens with zero attached hydrogens (tertiary/aromatic N) is 1. The van der Waals surface area contributed by atoms with E-state index < -0.39 is 0 Å². The van der Waals surface area contributed by atoms with Gasteiger partial charge in [-0.3, -0.25) is 5.10 Å². The molecule has 0 aliphatic heterocycles. The first kappa shape index (κ1) is 10.5. The van der Waals surface area contributed by atoms with Crippen LogP contribution >= 0.6 is 0 Å². The lowest BCUT2D eigenvalue weighted by atomic mass is 10.1.